The van der Waals surface area contributed by atoms with E-state index in [2.05, 4.69) is 10.3 Å². The van der Waals surface area contributed by atoms with Crippen molar-refractivity contribution >= 4 is 5.97 Å². The molecule has 1 atom stereocenters. The lowest BCUT2D eigenvalue weighted by Gasteiger charge is -2.22. The fourth-order valence-electron chi connectivity index (χ4n) is 1.88. The van der Waals surface area contributed by atoms with Crippen molar-refractivity contribution < 1.29 is 9.90 Å². The van der Waals surface area contributed by atoms with Gasteiger partial charge in [0.15, 0.2) is 0 Å². The van der Waals surface area contributed by atoms with Crippen molar-refractivity contribution in [3.05, 3.63) is 29.6 Å². The Morgan fingerprint density at radius 3 is 3.07 bits per heavy atom. The molecule has 1 aliphatic heterocycles. The molecule has 0 saturated carbocycles. The number of piperidine rings is 1. The SMILES string of the molecule is O=C(O)c1ccnc([C@H]2CCCCN2)c1. The predicted molar refractivity (Wildman–Crippen MR) is 55.8 cm³/mol. The quantitative estimate of drug-likeness (QED) is 0.771. The number of carboxylic acid groups (broad SMARTS) is 1. The van der Waals surface area contributed by atoms with Gasteiger partial charge in [0.1, 0.15) is 0 Å². The van der Waals surface area contributed by atoms with Crippen LogP contribution in [0.1, 0.15) is 41.4 Å². The fourth-order valence-corrected chi connectivity index (χ4v) is 1.88. The van der Waals surface area contributed by atoms with Crippen molar-refractivity contribution in [2.45, 2.75) is 25.3 Å². The molecule has 15 heavy (non-hydrogen) atoms. The van der Waals surface area contributed by atoms with Crippen LogP contribution in [-0.4, -0.2) is 22.6 Å². The number of aromatic nitrogens is 1. The number of pyridine rings is 1. The second-order valence-corrected chi connectivity index (χ2v) is 3.78. The molecule has 1 saturated heterocycles. The van der Waals surface area contributed by atoms with E-state index in [4.69, 9.17) is 5.11 Å². The monoisotopic (exact) mass is 206 g/mol. The number of aromatic carboxylic acids is 1. The normalized spacial score (nSPS) is 21.2. The molecule has 80 valence electrons. The van der Waals surface area contributed by atoms with Gasteiger partial charge in [-0.2, -0.15) is 0 Å². The number of nitrogens with zero attached hydrogens (tertiary/aromatic N) is 1. The van der Waals surface area contributed by atoms with Crippen molar-refractivity contribution in [3.63, 3.8) is 0 Å². The van der Waals surface area contributed by atoms with Crippen molar-refractivity contribution in [2.24, 2.45) is 0 Å². The zero-order chi connectivity index (χ0) is 10.7. The van der Waals surface area contributed by atoms with Gasteiger partial charge in [-0.1, -0.05) is 6.42 Å². The zero-order valence-electron chi connectivity index (χ0n) is 8.44. The fraction of sp³-hybridized carbons (Fsp3) is 0.455. The highest BCUT2D eigenvalue weighted by Crippen LogP contribution is 2.21. The van der Waals surface area contributed by atoms with Gasteiger partial charge in [-0.3, -0.25) is 4.98 Å². The van der Waals surface area contributed by atoms with E-state index in [0.717, 1.165) is 18.7 Å². The molecule has 0 aliphatic carbocycles. The van der Waals surface area contributed by atoms with Crippen LogP contribution in [0.4, 0.5) is 0 Å². The summed E-state index contributed by atoms with van der Waals surface area (Å²) >= 11 is 0. The summed E-state index contributed by atoms with van der Waals surface area (Å²) in [6.45, 7) is 0.990. The minimum Gasteiger partial charge on any atom is -0.478 e. The van der Waals surface area contributed by atoms with E-state index in [1.165, 1.54) is 18.9 Å². The summed E-state index contributed by atoms with van der Waals surface area (Å²) in [6.07, 6.45) is 4.97. The Morgan fingerprint density at radius 1 is 1.53 bits per heavy atom. The molecule has 0 radical (unpaired) electrons. The Labute approximate surface area is 88.3 Å². The number of hydrogen-bond donors (Lipinski definition) is 2. The zero-order valence-corrected chi connectivity index (χ0v) is 8.44. The summed E-state index contributed by atoms with van der Waals surface area (Å²) < 4.78 is 0. The molecule has 0 aromatic carbocycles. The molecular formula is C11H14N2O2. The summed E-state index contributed by atoms with van der Waals surface area (Å²) in [5, 5.41) is 12.2. The van der Waals surface area contributed by atoms with Crippen molar-refractivity contribution in [1.82, 2.24) is 10.3 Å². The van der Waals surface area contributed by atoms with Gasteiger partial charge >= 0.3 is 5.97 Å². The van der Waals surface area contributed by atoms with Crippen molar-refractivity contribution in [2.75, 3.05) is 6.54 Å². The summed E-state index contributed by atoms with van der Waals surface area (Å²) in [5.74, 6) is -0.894. The van der Waals surface area contributed by atoms with Crippen LogP contribution >= 0.6 is 0 Å². The maximum Gasteiger partial charge on any atom is 0.335 e. The molecule has 0 bridgehead atoms. The van der Waals surface area contributed by atoms with E-state index in [1.54, 1.807) is 12.3 Å². The van der Waals surface area contributed by atoms with Crippen molar-refractivity contribution in [1.29, 1.82) is 0 Å². The molecule has 2 N–H and O–H groups in total. The maximum absolute atomic E-state index is 10.8. The van der Waals surface area contributed by atoms with E-state index < -0.39 is 5.97 Å². The van der Waals surface area contributed by atoms with Crippen molar-refractivity contribution in [3.8, 4) is 0 Å². The Bertz CT molecular complexity index is 359. The van der Waals surface area contributed by atoms with E-state index in [0.29, 0.717) is 5.56 Å². The van der Waals surface area contributed by atoms with Crippen LogP contribution in [0, 0.1) is 0 Å². The molecular weight excluding hydrogens is 192 g/mol. The van der Waals surface area contributed by atoms with Crippen LogP contribution in [0.15, 0.2) is 18.3 Å². The number of rotatable bonds is 2. The highest BCUT2D eigenvalue weighted by molar-refractivity contribution is 5.87. The Balaban J connectivity index is 2.19. The molecule has 2 rings (SSSR count). The topological polar surface area (TPSA) is 62.2 Å². The number of nitrogens with one attached hydrogen (secondary N) is 1. The van der Waals surface area contributed by atoms with E-state index in [1.807, 2.05) is 0 Å². The minimum absolute atomic E-state index is 0.220. The molecule has 0 unspecified atom stereocenters. The standard InChI is InChI=1S/C11H14N2O2/c14-11(15)8-4-6-13-10(7-8)9-3-1-2-5-12-9/h4,6-7,9,12H,1-3,5H2,(H,14,15)/t9-/m1/s1. The van der Waals surface area contributed by atoms with Gasteiger partial charge in [0.05, 0.1) is 11.3 Å². The van der Waals surface area contributed by atoms with Crippen LogP contribution in [-0.2, 0) is 0 Å². The van der Waals surface area contributed by atoms with Gasteiger partial charge in [0.2, 0.25) is 0 Å². The Morgan fingerprint density at radius 2 is 2.40 bits per heavy atom. The summed E-state index contributed by atoms with van der Waals surface area (Å²) in [5.41, 5.74) is 1.15. The smallest absolute Gasteiger partial charge is 0.335 e. The Hall–Kier alpha value is -1.42. The molecule has 1 fully saturated rings. The average Bonchev–Trinajstić information content (AvgIpc) is 2.30. The lowest BCUT2D eigenvalue weighted by atomic mass is 10.0. The van der Waals surface area contributed by atoms with Crippen LogP contribution in [0.2, 0.25) is 0 Å². The van der Waals surface area contributed by atoms with Gasteiger partial charge in [0.25, 0.3) is 0 Å². The number of carbonyl (C=O) groups is 1. The van der Waals surface area contributed by atoms with Gasteiger partial charge in [-0.15, -0.1) is 0 Å². The van der Waals surface area contributed by atoms with E-state index in [-0.39, 0.29) is 6.04 Å². The molecule has 1 aliphatic rings. The highest BCUT2D eigenvalue weighted by Gasteiger charge is 2.16. The first-order valence-electron chi connectivity index (χ1n) is 5.20. The summed E-state index contributed by atoms with van der Waals surface area (Å²) in [7, 11) is 0. The molecule has 4 heteroatoms. The van der Waals surface area contributed by atoms with Gasteiger partial charge in [0, 0.05) is 12.2 Å². The summed E-state index contributed by atoms with van der Waals surface area (Å²) in [6, 6.07) is 3.40. The van der Waals surface area contributed by atoms with Gasteiger partial charge < -0.3 is 10.4 Å². The lowest BCUT2D eigenvalue weighted by molar-refractivity contribution is 0.0696. The molecule has 1 aromatic rings. The third-order valence-electron chi connectivity index (χ3n) is 2.70. The minimum atomic E-state index is -0.894. The van der Waals surface area contributed by atoms with Crippen LogP contribution < -0.4 is 5.32 Å². The predicted octanol–water partition coefficient (Wildman–Crippen LogP) is 1.59. The summed E-state index contributed by atoms with van der Waals surface area (Å²) in [4.78, 5) is 15.0. The third-order valence-corrected chi connectivity index (χ3v) is 2.70. The maximum atomic E-state index is 10.8. The van der Waals surface area contributed by atoms with Gasteiger partial charge in [-0.25, -0.2) is 4.79 Å². The first kappa shape index (κ1) is 10.1. The highest BCUT2D eigenvalue weighted by atomic mass is 16.4. The van der Waals surface area contributed by atoms with Crippen LogP contribution in [0.5, 0.6) is 0 Å². The second kappa shape index (κ2) is 4.40. The Kier molecular flexibility index (Phi) is 2.97. The number of hydrogen-bond acceptors (Lipinski definition) is 3. The molecule has 4 nitrogen and oxygen atoms in total. The number of carboxylic acids is 1. The largest absolute Gasteiger partial charge is 0.478 e. The van der Waals surface area contributed by atoms with Crippen LogP contribution in [0.3, 0.4) is 0 Å². The van der Waals surface area contributed by atoms with Gasteiger partial charge in [-0.05, 0) is 31.5 Å². The first-order valence-corrected chi connectivity index (χ1v) is 5.20. The van der Waals surface area contributed by atoms with E-state index >= 15 is 0 Å². The molecule has 2 heterocycles. The first-order chi connectivity index (χ1) is 7.27. The molecule has 0 amide bonds. The lowest BCUT2D eigenvalue weighted by Crippen LogP contribution is -2.27. The average molecular weight is 206 g/mol. The second-order valence-electron chi connectivity index (χ2n) is 3.78. The third kappa shape index (κ3) is 2.33. The van der Waals surface area contributed by atoms with E-state index in [9.17, 15) is 4.79 Å². The van der Waals surface area contributed by atoms with Crippen LogP contribution in [0.25, 0.3) is 0 Å². The molecule has 1 aromatic heterocycles. The molecule has 0 spiro atoms.